The minimum atomic E-state index is 0. The van der Waals surface area contributed by atoms with Crippen LogP contribution in [-0.4, -0.2) is 9.67 Å². The average Bonchev–Trinajstić information content (AvgIpc) is 2.57. The molecule has 2 heterocycles. The minimum Gasteiger partial charge on any atom is -1.00 e. The van der Waals surface area contributed by atoms with E-state index in [2.05, 4.69) is 32.7 Å². The summed E-state index contributed by atoms with van der Waals surface area (Å²) in [6, 6.07) is 5.89. The molecule has 1 N–H and O–H groups in total. The van der Waals surface area contributed by atoms with Gasteiger partial charge in [0.05, 0.1) is 9.77 Å². The number of aromatic amines is 1. The van der Waals surface area contributed by atoms with Crippen LogP contribution in [0.2, 0.25) is 0 Å². The van der Waals surface area contributed by atoms with E-state index >= 15 is 0 Å². The molecule has 0 fully saturated rings. The maximum absolute atomic E-state index is 4.24. The highest BCUT2D eigenvalue weighted by Gasteiger charge is 2.04. The van der Waals surface area contributed by atoms with Crippen molar-refractivity contribution in [3.63, 3.8) is 0 Å². The Bertz CT molecular complexity index is 373. The second-order valence-electron chi connectivity index (χ2n) is 2.32. The third-order valence-corrected chi connectivity index (χ3v) is 2.35. The first-order chi connectivity index (χ1) is 5.88. The van der Waals surface area contributed by atoms with E-state index in [1.807, 2.05) is 35.3 Å². The van der Waals surface area contributed by atoms with Gasteiger partial charge in [-0.2, -0.15) is 0 Å². The Balaban J connectivity index is 0.000000845. The number of nitrogens with one attached hydrogen (secondary N) is 1. The number of nitrogens with zero attached hydrogens (tertiary/aromatic N) is 2. The van der Waals surface area contributed by atoms with Crippen LogP contribution >= 0.6 is 22.6 Å². The summed E-state index contributed by atoms with van der Waals surface area (Å²) in [7, 11) is 0. The van der Waals surface area contributed by atoms with Gasteiger partial charge in [-0.3, -0.25) is 0 Å². The normalized spacial score (nSPS) is 9.31. The van der Waals surface area contributed by atoms with Gasteiger partial charge in [0.25, 0.3) is 0 Å². The van der Waals surface area contributed by atoms with Crippen LogP contribution in [0.1, 0.15) is 0 Å². The molecule has 3 nitrogen and oxygen atoms in total. The summed E-state index contributed by atoms with van der Waals surface area (Å²) in [4.78, 5) is 4.24. The molecule has 0 unspecified atom stereocenters. The van der Waals surface area contributed by atoms with Gasteiger partial charge < -0.3 is 24.0 Å². The number of halogens is 2. The number of hydrogen-bond donors (Lipinski definition) is 0. The van der Waals surface area contributed by atoms with Crippen molar-refractivity contribution in [1.29, 1.82) is 0 Å². The molecule has 0 aliphatic carbocycles. The second-order valence-corrected chi connectivity index (χ2v) is 3.48. The van der Waals surface area contributed by atoms with E-state index in [4.69, 9.17) is 0 Å². The molecule has 13 heavy (non-hydrogen) atoms. The van der Waals surface area contributed by atoms with Crippen molar-refractivity contribution in [3.05, 3.63) is 40.4 Å². The number of rotatable bonds is 1. The summed E-state index contributed by atoms with van der Waals surface area (Å²) in [6.07, 6.45) is 5.58. The van der Waals surface area contributed by atoms with E-state index in [1.165, 1.54) is 0 Å². The van der Waals surface area contributed by atoms with Crippen molar-refractivity contribution >= 4 is 22.6 Å². The van der Waals surface area contributed by atoms with Crippen LogP contribution in [0.3, 0.4) is 0 Å². The van der Waals surface area contributed by atoms with Crippen LogP contribution in [0, 0.1) is 3.57 Å². The Kier molecular flexibility index (Phi) is 4.10. The summed E-state index contributed by atoms with van der Waals surface area (Å²) in [5.41, 5.74) is 0. The Labute approximate surface area is 107 Å². The summed E-state index contributed by atoms with van der Waals surface area (Å²) in [6.45, 7) is 0. The molecule has 2 aromatic rings. The molecule has 0 saturated heterocycles. The highest BCUT2D eigenvalue weighted by atomic mass is 127. The van der Waals surface area contributed by atoms with Crippen LogP contribution < -0.4 is 29.1 Å². The Morgan fingerprint density at radius 1 is 1.38 bits per heavy atom. The van der Waals surface area contributed by atoms with Gasteiger partial charge >= 0.3 is 0 Å². The van der Waals surface area contributed by atoms with Crippen molar-refractivity contribution in [1.82, 2.24) is 9.67 Å². The molecule has 0 aliphatic rings. The van der Waals surface area contributed by atoms with Crippen molar-refractivity contribution in [3.8, 4) is 5.82 Å². The van der Waals surface area contributed by atoms with Crippen molar-refractivity contribution in [2.24, 2.45) is 0 Å². The molecule has 0 aromatic carbocycles. The number of hydrogen-bond acceptors (Lipinski definition) is 1. The summed E-state index contributed by atoms with van der Waals surface area (Å²) in [5.74, 6) is 0.933. The predicted octanol–water partition coefficient (Wildman–Crippen LogP) is -1.70. The number of pyridine rings is 1. The van der Waals surface area contributed by atoms with Gasteiger partial charge in [-0.05, 0) is 34.7 Å². The third-order valence-electron chi connectivity index (χ3n) is 1.51. The first kappa shape index (κ1) is 10.9. The molecular weight excluding hydrogens is 392 g/mol. The van der Waals surface area contributed by atoms with Gasteiger partial charge in [-0.1, -0.05) is 0 Å². The predicted molar refractivity (Wildman–Crippen MR) is 52.8 cm³/mol. The van der Waals surface area contributed by atoms with Gasteiger partial charge in [0.15, 0.2) is 6.20 Å². The van der Waals surface area contributed by atoms with Crippen LogP contribution in [0.15, 0.2) is 36.8 Å². The fraction of sp³-hybridized carbons (Fsp3) is 0. The van der Waals surface area contributed by atoms with Crippen LogP contribution in [0.4, 0.5) is 0 Å². The summed E-state index contributed by atoms with van der Waals surface area (Å²) < 4.78 is 3.00. The van der Waals surface area contributed by atoms with E-state index in [9.17, 15) is 0 Å². The van der Waals surface area contributed by atoms with Crippen LogP contribution in [-0.2, 0) is 0 Å². The first-order valence-corrected chi connectivity index (χ1v) is 4.62. The lowest BCUT2D eigenvalue weighted by Crippen LogP contribution is -3.00. The zero-order valence-corrected chi connectivity index (χ0v) is 10.9. The van der Waals surface area contributed by atoms with Gasteiger partial charge in [-0.25, -0.2) is 4.98 Å². The van der Waals surface area contributed by atoms with E-state index in [-0.39, 0.29) is 24.0 Å². The molecule has 0 atom stereocenters. The van der Waals surface area contributed by atoms with Gasteiger partial charge in [0.2, 0.25) is 5.82 Å². The molecule has 68 valence electrons. The number of H-pyrrole nitrogens is 1. The highest BCUT2D eigenvalue weighted by Crippen LogP contribution is 2.10. The fourth-order valence-corrected chi connectivity index (χ4v) is 1.59. The smallest absolute Gasteiger partial charge is 0.206 e. The molecule has 0 spiro atoms. The molecule has 2 aromatic heterocycles. The van der Waals surface area contributed by atoms with Crippen molar-refractivity contribution < 1.29 is 29.1 Å². The Morgan fingerprint density at radius 2 is 2.23 bits per heavy atom. The van der Waals surface area contributed by atoms with Crippen molar-refractivity contribution in [2.75, 3.05) is 0 Å². The molecular formula is C8H7I2N3. The SMILES string of the molecule is Ic1cccnc1-n1ccc[nH+]1.[I-]. The van der Waals surface area contributed by atoms with Crippen LogP contribution in [0.25, 0.3) is 5.82 Å². The van der Waals surface area contributed by atoms with E-state index in [0.717, 1.165) is 9.39 Å². The first-order valence-electron chi connectivity index (χ1n) is 3.54. The number of aromatic nitrogens is 3. The maximum Gasteiger partial charge on any atom is 0.206 e. The summed E-state index contributed by atoms with van der Waals surface area (Å²) >= 11 is 2.26. The minimum absolute atomic E-state index is 0. The second kappa shape index (κ2) is 4.89. The van der Waals surface area contributed by atoms with Crippen LogP contribution in [0.5, 0.6) is 0 Å². The topological polar surface area (TPSA) is 32.0 Å². The van der Waals surface area contributed by atoms with E-state index in [1.54, 1.807) is 6.20 Å². The van der Waals surface area contributed by atoms with Gasteiger partial charge in [-0.15, -0.1) is 9.78 Å². The molecule has 0 amide bonds. The molecule has 5 heteroatoms. The lowest BCUT2D eigenvalue weighted by Gasteiger charge is -1.96. The molecule has 0 bridgehead atoms. The Morgan fingerprint density at radius 3 is 2.85 bits per heavy atom. The van der Waals surface area contributed by atoms with Gasteiger partial charge in [0, 0.05) is 12.3 Å². The Hall–Kier alpha value is -0.180. The van der Waals surface area contributed by atoms with E-state index < -0.39 is 0 Å². The lowest BCUT2D eigenvalue weighted by molar-refractivity contribution is -0.474. The fourth-order valence-electron chi connectivity index (χ4n) is 0.982. The third kappa shape index (κ3) is 2.39. The molecule has 2 rings (SSSR count). The molecule has 0 radical (unpaired) electrons. The monoisotopic (exact) mass is 399 g/mol. The van der Waals surface area contributed by atoms with Gasteiger partial charge in [0.1, 0.15) is 0 Å². The summed E-state index contributed by atoms with van der Waals surface area (Å²) in [5, 5.41) is 3.04. The molecule has 0 saturated carbocycles. The lowest BCUT2D eigenvalue weighted by atomic mass is 10.5. The highest BCUT2D eigenvalue weighted by molar-refractivity contribution is 14.1. The average molecular weight is 399 g/mol. The standard InChI is InChI=1S/C8H6IN3.HI/c9-7-3-1-4-10-8(7)12-6-2-5-11-12;/h1-6H;1H. The maximum atomic E-state index is 4.24. The zero-order valence-electron chi connectivity index (χ0n) is 6.61. The van der Waals surface area contributed by atoms with E-state index in [0.29, 0.717) is 0 Å². The quantitative estimate of drug-likeness (QED) is 0.527. The largest absolute Gasteiger partial charge is 1.00 e. The molecule has 0 aliphatic heterocycles. The van der Waals surface area contributed by atoms with Crippen molar-refractivity contribution in [2.45, 2.75) is 0 Å². The zero-order chi connectivity index (χ0) is 8.39.